The first kappa shape index (κ1) is 17.8. The lowest BCUT2D eigenvalue weighted by Crippen LogP contribution is -2.29. The van der Waals surface area contributed by atoms with E-state index in [4.69, 9.17) is 11.6 Å². The molecule has 0 unspecified atom stereocenters. The molecule has 2 amide bonds. The van der Waals surface area contributed by atoms with E-state index in [0.29, 0.717) is 16.1 Å². The second-order valence-corrected chi connectivity index (χ2v) is 5.28. The van der Waals surface area contributed by atoms with Gasteiger partial charge in [0.05, 0.1) is 0 Å². The molecule has 0 aliphatic heterocycles. The van der Waals surface area contributed by atoms with Crippen LogP contribution in [0.3, 0.4) is 0 Å². The average Bonchev–Trinajstić information content (AvgIpc) is 2.53. The topological polar surface area (TPSA) is 58.2 Å². The van der Waals surface area contributed by atoms with Crippen LogP contribution in [-0.4, -0.2) is 18.0 Å². The minimum absolute atomic E-state index is 0.0160. The summed E-state index contributed by atoms with van der Waals surface area (Å²) in [5, 5.41) is 4.84. The van der Waals surface area contributed by atoms with Gasteiger partial charge in [0, 0.05) is 22.8 Å². The summed E-state index contributed by atoms with van der Waals surface area (Å²) >= 11 is 5.80. The predicted molar refractivity (Wildman–Crippen MR) is 83.7 cm³/mol. The van der Waals surface area contributed by atoms with Crippen molar-refractivity contribution < 1.29 is 22.8 Å². The van der Waals surface area contributed by atoms with Gasteiger partial charge in [0.25, 0.3) is 5.91 Å². The summed E-state index contributed by atoms with van der Waals surface area (Å²) in [5.41, 5.74) is 1.08. The standard InChI is InChI=1S/C16H12ClF3N2O2/c17-12-3-1-2-11(8-12)14(23)21-9-10-4-6-13(7-5-10)22-15(24)16(18,19)20/h1-8H,9H2,(H,21,23)(H,22,24). The number of benzene rings is 2. The van der Waals surface area contributed by atoms with Crippen LogP contribution in [0.4, 0.5) is 18.9 Å². The largest absolute Gasteiger partial charge is 0.471 e. The summed E-state index contributed by atoms with van der Waals surface area (Å²) in [6.07, 6.45) is -4.94. The maximum Gasteiger partial charge on any atom is 0.471 e. The Kier molecular flexibility index (Phi) is 5.46. The molecule has 2 rings (SSSR count). The molecule has 0 spiro atoms. The van der Waals surface area contributed by atoms with Crippen LogP contribution in [0, 0.1) is 0 Å². The van der Waals surface area contributed by atoms with E-state index in [1.54, 1.807) is 23.5 Å². The third-order valence-electron chi connectivity index (χ3n) is 3.01. The molecule has 0 aliphatic carbocycles. The van der Waals surface area contributed by atoms with Gasteiger partial charge < -0.3 is 10.6 Å². The Labute approximate surface area is 140 Å². The van der Waals surface area contributed by atoms with Crippen molar-refractivity contribution in [2.24, 2.45) is 0 Å². The number of carbonyl (C=O) groups is 2. The molecule has 0 saturated heterocycles. The van der Waals surface area contributed by atoms with Crippen LogP contribution in [0.1, 0.15) is 15.9 Å². The first-order valence-corrected chi connectivity index (χ1v) is 7.14. The van der Waals surface area contributed by atoms with Gasteiger partial charge in [0.1, 0.15) is 0 Å². The molecule has 0 aliphatic rings. The highest BCUT2D eigenvalue weighted by Crippen LogP contribution is 2.18. The minimum Gasteiger partial charge on any atom is -0.348 e. The van der Waals surface area contributed by atoms with Crippen LogP contribution in [-0.2, 0) is 11.3 Å². The number of nitrogens with one attached hydrogen (secondary N) is 2. The van der Waals surface area contributed by atoms with Crippen molar-refractivity contribution in [2.75, 3.05) is 5.32 Å². The highest BCUT2D eigenvalue weighted by Gasteiger charge is 2.38. The lowest BCUT2D eigenvalue weighted by molar-refractivity contribution is -0.167. The summed E-state index contributed by atoms with van der Waals surface area (Å²) in [4.78, 5) is 22.8. The van der Waals surface area contributed by atoms with E-state index in [2.05, 4.69) is 5.32 Å². The third-order valence-corrected chi connectivity index (χ3v) is 3.24. The first-order chi connectivity index (χ1) is 11.3. The molecule has 0 heterocycles. The van der Waals surface area contributed by atoms with Gasteiger partial charge in [-0.25, -0.2) is 0 Å². The van der Waals surface area contributed by atoms with Gasteiger partial charge in [-0.1, -0.05) is 29.8 Å². The summed E-state index contributed by atoms with van der Waals surface area (Å²) < 4.78 is 36.4. The SMILES string of the molecule is O=C(NCc1ccc(NC(=O)C(F)(F)F)cc1)c1cccc(Cl)c1. The van der Waals surface area contributed by atoms with Gasteiger partial charge >= 0.3 is 12.1 Å². The summed E-state index contributed by atoms with van der Waals surface area (Å²) in [5.74, 6) is -2.36. The first-order valence-electron chi connectivity index (χ1n) is 6.76. The number of amides is 2. The van der Waals surface area contributed by atoms with E-state index < -0.39 is 12.1 Å². The van der Waals surface area contributed by atoms with E-state index in [0.717, 1.165) is 0 Å². The minimum atomic E-state index is -4.94. The lowest BCUT2D eigenvalue weighted by atomic mass is 10.2. The molecule has 2 aromatic rings. The van der Waals surface area contributed by atoms with E-state index in [-0.39, 0.29) is 18.1 Å². The van der Waals surface area contributed by atoms with Crippen LogP contribution in [0.2, 0.25) is 5.02 Å². The molecule has 0 fully saturated rings. The smallest absolute Gasteiger partial charge is 0.348 e. The van der Waals surface area contributed by atoms with E-state index >= 15 is 0 Å². The van der Waals surface area contributed by atoms with Crippen LogP contribution in [0.15, 0.2) is 48.5 Å². The van der Waals surface area contributed by atoms with Crippen molar-refractivity contribution in [3.05, 3.63) is 64.7 Å². The molecule has 0 radical (unpaired) electrons. The molecule has 4 nitrogen and oxygen atoms in total. The average molecular weight is 357 g/mol. The van der Waals surface area contributed by atoms with Crippen molar-refractivity contribution in [1.29, 1.82) is 0 Å². The normalized spacial score (nSPS) is 11.0. The Morgan fingerprint density at radius 2 is 1.71 bits per heavy atom. The molecular formula is C16H12ClF3N2O2. The van der Waals surface area contributed by atoms with Crippen molar-refractivity contribution in [2.45, 2.75) is 12.7 Å². The Morgan fingerprint density at radius 3 is 2.29 bits per heavy atom. The van der Waals surface area contributed by atoms with Gasteiger partial charge in [-0.2, -0.15) is 13.2 Å². The number of alkyl halides is 3. The van der Waals surface area contributed by atoms with E-state index in [9.17, 15) is 22.8 Å². The Hall–Kier alpha value is -2.54. The monoisotopic (exact) mass is 356 g/mol. The molecule has 2 aromatic carbocycles. The molecule has 24 heavy (non-hydrogen) atoms. The maximum absolute atomic E-state index is 12.1. The summed E-state index contributed by atoms with van der Waals surface area (Å²) in [6.45, 7) is 0.179. The maximum atomic E-state index is 12.1. The molecule has 126 valence electrons. The molecule has 2 N–H and O–H groups in total. The van der Waals surface area contributed by atoms with Crippen LogP contribution in [0.5, 0.6) is 0 Å². The second kappa shape index (κ2) is 7.35. The summed E-state index contributed by atoms with van der Waals surface area (Å²) in [6, 6.07) is 12.1. The number of hydrogen-bond acceptors (Lipinski definition) is 2. The van der Waals surface area contributed by atoms with Crippen LogP contribution >= 0.6 is 11.6 Å². The fraction of sp³-hybridized carbons (Fsp3) is 0.125. The van der Waals surface area contributed by atoms with E-state index in [1.807, 2.05) is 0 Å². The fourth-order valence-electron chi connectivity index (χ4n) is 1.82. The van der Waals surface area contributed by atoms with Crippen molar-refractivity contribution in [1.82, 2.24) is 5.32 Å². The van der Waals surface area contributed by atoms with Crippen LogP contribution in [0.25, 0.3) is 0 Å². The van der Waals surface area contributed by atoms with Crippen molar-refractivity contribution >= 4 is 29.1 Å². The van der Waals surface area contributed by atoms with Gasteiger partial charge in [-0.15, -0.1) is 0 Å². The second-order valence-electron chi connectivity index (χ2n) is 4.84. The molecule has 0 bridgehead atoms. The number of anilines is 1. The highest BCUT2D eigenvalue weighted by molar-refractivity contribution is 6.30. The molecule has 0 saturated carbocycles. The zero-order valence-corrected chi connectivity index (χ0v) is 12.9. The quantitative estimate of drug-likeness (QED) is 0.876. The summed E-state index contributed by atoms with van der Waals surface area (Å²) in [7, 11) is 0. The van der Waals surface area contributed by atoms with Gasteiger partial charge in [-0.3, -0.25) is 9.59 Å². The van der Waals surface area contributed by atoms with Gasteiger partial charge in [-0.05, 0) is 35.9 Å². The number of carbonyl (C=O) groups excluding carboxylic acids is 2. The molecule has 0 aromatic heterocycles. The van der Waals surface area contributed by atoms with E-state index in [1.165, 1.54) is 30.3 Å². The predicted octanol–water partition coefficient (Wildman–Crippen LogP) is 3.77. The van der Waals surface area contributed by atoms with Crippen molar-refractivity contribution in [3.8, 4) is 0 Å². The highest BCUT2D eigenvalue weighted by atomic mass is 35.5. The third kappa shape index (κ3) is 4.99. The van der Waals surface area contributed by atoms with Crippen molar-refractivity contribution in [3.63, 3.8) is 0 Å². The number of rotatable bonds is 4. The Balaban J connectivity index is 1.92. The molecule has 8 heteroatoms. The lowest BCUT2D eigenvalue weighted by Gasteiger charge is -2.09. The zero-order valence-electron chi connectivity index (χ0n) is 12.2. The zero-order chi connectivity index (χ0) is 17.7. The van der Waals surface area contributed by atoms with Gasteiger partial charge in [0.2, 0.25) is 0 Å². The number of halogens is 4. The number of hydrogen-bond donors (Lipinski definition) is 2. The van der Waals surface area contributed by atoms with Gasteiger partial charge in [0.15, 0.2) is 0 Å². The van der Waals surface area contributed by atoms with Crippen LogP contribution < -0.4 is 10.6 Å². The Bertz CT molecular complexity index is 746. The molecular weight excluding hydrogens is 345 g/mol. The fourth-order valence-corrected chi connectivity index (χ4v) is 2.01. The Morgan fingerprint density at radius 1 is 1.04 bits per heavy atom. The molecule has 0 atom stereocenters.